The Bertz CT molecular complexity index is 357. The van der Waals surface area contributed by atoms with E-state index in [9.17, 15) is 5.11 Å². The van der Waals surface area contributed by atoms with E-state index in [4.69, 9.17) is 4.74 Å². The highest BCUT2D eigenvalue weighted by atomic mass is 16.5. The first kappa shape index (κ1) is 11.4. The van der Waals surface area contributed by atoms with E-state index in [1.54, 1.807) is 6.20 Å². The maximum Gasteiger partial charge on any atom is 0.134 e. The Morgan fingerprint density at radius 2 is 2.38 bits per heavy atom. The van der Waals surface area contributed by atoms with Crippen molar-refractivity contribution in [3.8, 4) is 0 Å². The molecule has 1 aliphatic rings. The van der Waals surface area contributed by atoms with E-state index in [1.165, 1.54) is 0 Å². The lowest BCUT2D eigenvalue weighted by atomic mass is 10.1. The Morgan fingerprint density at radius 3 is 3.12 bits per heavy atom. The maximum absolute atomic E-state index is 9.30. The van der Waals surface area contributed by atoms with Crippen LogP contribution in [0.3, 0.4) is 0 Å². The number of hydrogen-bond donors (Lipinski definition) is 1. The Balaban J connectivity index is 2.27. The van der Waals surface area contributed by atoms with E-state index >= 15 is 0 Å². The molecule has 1 aromatic heterocycles. The molecule has 0 spiro atoms. The molecule has 0 amide bonds. The molecule has 2 heterocycles. The van der Waals surface area contributed by atoms with E-state index in [0.717, 1.165) is 17.9 Å². The molecule has 0 saturated carbocycles. The summed E-state index contributed by atoms with van der Waals surface area (Å²) < 4.78 is 5.58. The van der Waals surface area contributed by atoms with Crippen LogP contribution < -0.4 is 4.90 Å². The van der Waals surface area contributed by atoms with E-state index in [2.05, 4.69) is 23.7 Å². The summed E-state index contributed by atoms with van der Waals surface area (Å²) in [7, 11) is 0. The Labute approximate surface area is 95.9 Å². The third kappa shape index (κ3) is 2.18. The van der Waals surface area contributed by atoms with Crippen molar-refractivity contribution in [1.82, 2.24) is 4.98 Å². The Hall–Kier alpha value is -1.13. The largest absolute Gasteiger partial charge is 0.392 e. The molecule has 1 aromatic rings. The molecule has 0 radical (unpaired) electrons. The van der Waals surface area contributed by atoms with Gasteiger partial charge in [-0.2, -0.15) is 0 Å². The summed E-state index contributed by atoms with van der Waals surface area (Å²) in [4.78, 5) is 6.58. The van der Waals surface area contributed by atoms with Crippen molar-refractivity contribution < 1.29 is 9.84 Å². The van der Waals surface area contributed by atoms with Gasteiger partial charge in [-0.3, -0.25) is 0 Å². The number of aliphatic hydroxyl groups is 1. The van der Waals surface area contributed by atoms with Crippen molar-refractivity contribution in [3.05, 3.63) is 23.9 Å². The van der Waals surface area contributed by atoms with E-state index < -0.39 is 0 Å². The standard InChI is InChI=1S/C12H18N2O2/c1-9-8-16-10(2)6-14(9)12-11(7-15)4-3-5-13-12/h3-5,9-10,15H,6-8H2,1-2H3. The van der Waals surface area contributed by atoms with Crippen molar-refractivity contribution in [1.29, 1.82) is 0 Å². The van der Waals surface area contributed by atoms with Gasteiger partial charge in [0, 0.05) is 18.3 Å². The third-order valence-electron chi connectivity index (χ3n) is 2.92. The molecule has 1 aliphatic heterocycles. The number of nitrogens with zero attached hydrogens (tertiary/aromatic N) is 2. The monoisotopic (exact) mass is 222 g/mol. The molecule has 16 heavy (non-hydrogen) atoms. The van der Waals surface area contributed by atoms with E-state index in [-0.39, 0.29) is 12.7 Å². The second-order valence-corrected chi connectivity index (χ2v) is 4.29. The number of aromatic nitrogens is 1. The van der Waals surface area contributed by atoms with Gasteiger partial charge in [-0.1, -0.05) is 6.07 Å². The van der Waals surface area contributed by atoms with Gasteiger partial charge in [0.1, 0.15) is 5.82 Å². The summed E-state index contributed by atoms with van der Waals surface area (Å²) in [6.07, 6.45) is 1.98. The normalized spacial score (nSPS) is 25.8. The van der Waals surface area contributed by atoms with Crippen LogP contribution in [0.5, 0.6) is 0 Å². The second-order valence-electron chi connectivity index (χ2n) is 4.29. The SMILES string of the molecule is CC1CN(c2ncccc2CO)C(C)CO1. The molecule has 0 bridgehead atoms. The number of aliphatic hydroxyl groups excluding tert-OH is 1. The van der Waals surface area contributed by atoms with Gasteiger partial charge in [0.25, 0.3) is 0 Å². The highest BCUT2D eigenvalue weighted by Gasteiger charge is 2.25. The molecular weight excluding hydrogens is 204 g/mol. The van der Waals surface area contributed by atoms with Gasteiger partial charge in [-0.15, -0.1) is 0 Å². The Kier molecular flexibility index (Phi) is 3.41. The van der Waals surface area contributed by atoms with Gasteiger partial charge in [0.15, 0.2) is 0 Å². The summed E-state index contributed by atoms with van der Waals surface area (Å²) in [5.41, 5.74) is 0.878. The number of rotatable bonds is 2. The fraction of sp³-hybridized carbons (Fsp3) is 0.583. The van der Waals surface area contributed by atoms with Crippen LogP contribution in [0.25, 0.3) is 0 Å². The van der Waals surface area contributed by atoms with Crippen LogP contribution in [-0.4, -0.2) is 35.4 Å². The minimum Gasteiger partial charge on any atom is -0.392 e. The molecule has 1 N–H and O–H groups in total. The number of anilines is 1. The van der Waals surface area contributed by atoms with E-state index in [0.29, 0.717) is 12.6 Å². The second kappa shape index (κ2) is 4.80. The summed E-state index contributed by atoms with van der Waals surface area (Å²) in [6.45, 7) is 5.73. The molecule has 0 aliphatic carbocycles. The summed E-state index contributed by atoms with van der Waals surface area (Å²) in [6, 6.07) is 4.06. The molecule has 0 aromatic carbocycles. The minimum absolute atomic E-state index is 0.0294. The third-order valence-corrected chi connectivity index (χ3v) is 2.92. The zero-order valence-corrected chi connectivity index (χ0v) is 9.76. The van der Waals surface area contributed by atoms with Gasteiger partial charge >= 0.3 is 0 Å². The predicted octanol–water partition coefficient (Wildman–Crippen LogP) is 1.19. The lowest BCUT2D eigenvalue weighted by Gasteiger charge is -2.38. The zero-order chi connectivity index (χ0) is 11.5. The minimum atomic E-state index is 0.0294. The quantitative estimate of drug-likeness (QED) is 0.816. The summed E-state index contributed by atoms with van der Waals surface area (Å²) in [5, 5.41) is 9.30. The molecule has 4 nitrogen and oxygen atoms in total. The topological polar surface area (TPSA) is 45.6 Å². The first-order chi connectivity index (χ1) is 7.72. The molecule has 1 fully saturated rings. The Morgan fingerprint density at radius 1 is 1.56 bits per heavy atom. The maximum atomic E-state index is 9.30. The lowest BCUT2D eigenvalue weighted by molar-refractivity contribution is 0.0339. The van der Waals surface area contributed by atoms with Gasteiger partial charge in [0.05, 0.1) is 25.4 Å². The first-order valence-corrected chi connectivity index (χ1v) is 5.65. The molecule has 1 saturated heterocycles. The average molecular weight is 222 g/mol. The molecule has 2 unspecified atom stereocenters. The van der Waals surface area contributed by atoms with Crippen LogP contribution in [0, 0.1) is 0 Å². The fourth-order valence-corrected chi connectivity index (χ4v) is 2.01. The van der Waals surface area contributed by atoms with Gasteiger partial charge in [0.2, 0.25) is 0 Å². The lowest BCUT2D eigenvalue weighted by Crippen LogP contribution is -2.48. The number of morpholine rings is 1. The number of pyridine rings is 1. The van der Waals surface area contributed by atoms with Crippen molar-refractivity contribution in [2.45, 2.75) is 32.6 Å². The summed E-state index contributed by atoms with van der Waals surface area (Å²) >= 11 is 0. The zero-order valence-electron chi connectivity index (χ0n) is 9.76. The smallest absolute Gasteiger partial charge is 0.134 e. The van der Waals surface area contributed by atoms with Crippen LogP contribution in [0.4, 0.5) is 5.82 Å². The van der Waals surface area contributed by atoms with Crippen molar-refractivity contribution in [2.75, 3.05) is 18.1 Å². The van der Waals surface area contributed by atoms with Crippen molar-refractivity contribution >= 4 is 5.82 Å². The molecular formula is C12H18N2O2. The van der Waals surface area contributed by atoms with Gasteiger partial charge in [-0.25, -0.2) is 4.98 Å². The van der Waals surface area contributed by atoms with Gasteiger partial charge < -0.3 is 14.7 Å². The molecule has 2 atom stereocenters. The van der Waals surface area contributed by atoms with Crippen LogP contribution >= 0.6 is 0 Å². The molecule has 4 heteroatoms. The van der Waals surface area contributed by atoms with Crippen molar-refractivity contribution in [2.24, 2.45) is 0 Å². The van der Waals surface area contributed by atoms with Crippen LogP contribution in [0.15, 0.2) is 18.3 Å². The number of hydrogen-bond acceptors (Lipinski definition) is 4. The molecule has 2 rings (SSSR count). The number of ether oxygens (including phenoxy) is 1. The highest BCUT2D eigenvalue weighted by Crippen LogP contribution is 2.23. The first-order valence-electron chi connectivity index (χ1n) is 5.65. The summed E-state index contributed by atoms with van der Waals surface area (Å²) in [5.74, 6) is 0.882. The fourth-order valence-electron chi connectivity index (χ4n) is 2.01. The predicted molar refractivity (Wildman–Crippen MR) is 62.4 cm³/mol. The van der Waals surface area contributed by atoms with Crippen molar-refractivity contribution in [3.63, 3.8) is 0 Å². The van der Waals surface area contributed by atoms with Crippen LogP contribution in [-0.2, 0) is 11.3 Å². The highest BCUT2D eigenvalue weighted by molar-refractivity contribution is 5.47. The van der Waals surface area contributed by atoms with E-state index in [1.807, 2.05) is 12.1 Å². The molecule has 88 valence electrons. The van der Waals surface area contributed by atoms with Crippen LogP contribution in [0.2, 0.25) is 0 Å². The van der Waals surface area contributed by atoms with Gasteiger partial charge in [-0.05, 0) is 19.9 Å². The average Bonchev–Trinajstić information content (AvgIpc) is 2.32. The van der Waals surface area contributed by atoms with Crippen LogP contribution in [0.1, 0.15) is 19.4 Å².